The number of alkyl halides is 3. The Morgan fingerprint density at radius 1 is 1.29 bits per heavy atom. The maximum atomic E-state index is 12.8. The van der Waals surface area contributed by atoms with E-state index in [1.54, 1.807) is 13.8 Å². The van der Waals surface area contributed by atoms with E-state index in [1.165, 1.54) is 0 Å². The fourth-order valence-electron chi connectivity index (χ4n) is 3.06. The Bertz CT molecular complexity index is 597. The Hall–Kier alpha value is -1.45. The summed E-state index contributed by atoms with van der Waals surface area (Å²) in [6.45, 7) is 5.87. The van der Waals surface area contributed by atoms with Crippen molar-refractivity contribution in [2.75, 3.05) is 11.9 Å². The van der Waals surface area contributed by atoms with Crippen LogP contribution in [0.5, 0.6) is 0 Å². The number of hydrogen-bond acceptors (Lipinski definition) is 6. The van der Waals surface area contributed by atoms with Crippen molar-refractivity contribution in [1.29, 1.82) is 0 Å². The lowest BCUT2D eigenvalue weighted by atomic mass is 9.97. The average Bonchev–Trinajstić information content (AvgIpc) is 2.83. The fourth-order valence-corrected chi connectivity index (χ4v) is 3.06. The molecule has 0 radical (unpaired) electrons. The van der Waals surface area contributed by atoms with Gasteiger partial charge in [-0.3, -0.25) is 0 Å². The minimum atomic E-state index is -4.52. The number of aromatic nitrogens is 2. The van der Waals surface area contributed by atoms with Gasteiger partial charge < -0.3 is 19.5 Å². The van der Waals surface area contributed by atoms with Crippen LogP contribution in [0.2, 0.25) is 0 Å². The molecule has 2 aliphatic heterocycles. The minimum Gasteiger partial charge on any atom is -0.373 e. The number of nitrogens with one attached hydrogen (secondary N) is 1. The van der Waals surface area contributed by atoms with E-state index in [4.69, 9.17) is 14.2 Å². The molecule has 6 nitrogen and oxygen atoms in total. The van der Waals surface area contributed by atoms with Crippen molar-refractivity contribution < 1.29 is 27.4 Å². The van der Waals surface area contributed by atoms with Gasteiger partial charge in [-0.2, -0.15) is 13.2 Å². The average molecular weight is 347 g/mol. The van der Waals surface area contributed by atoms with Crippen LogP contribution >= 0.6 is 0 Å². The van der Waals surface area contributed by atoms with Gasteiger partial charge in [0.2, 0.25) is 5.95 Å². The van der Waals surface area contributed by atoms with Gasteiger partial charge in [-0.1, -0.05) is 6.92 Å². The molecule has 1 aromatic heterocycles. The molecule has 0 aromatic carbocycles. The largest absolute Gasteiger partial charge is 0.433 e. The zero-order valence-corrected chi connectivity index (χ0v) is 13.6. The van der Waals surface area contributed by atoms with Crippen LogP contribution in [0.4, 0.5) is 19.1 Å². The van der Waals surface area contributed by atoms with Crippen molar-refractivity contribution in [1.82, 2.24) is 9.97 Å². The van der Waals surface area contributed by atoms with Crippen molar-refractivity contribution in [2.24, 2.45) is 0 Å². The molecule has 2 fully saturated rings. The minimum absolute atomic E-state index is 0.111. The van der Waals surface area contributed by atoms with Crippen LogP contribution in [0, 0.1) is 0 Å². The predicted octanol–water partition coefficient (Wildman–Crippen LogP) is 2.60. The maximum absolute atomic E-state index is 12.8. The van der Waals surface area contributed by atoms with Crippen molar-refractivity contribution >= 4 is 5.95 Å². The lowest BCUT2D eigenvalue weighted by molar-refractivity contribution is -0.153. The van der Waals surface area contributed by atoms with Crippen molar-refractivity contribution in [3.05, 3.63) is 18.0 Å². The van der Waals surface area contributed by atoms with Gasteiger partial charge in [0.25, 0.3) is 0 Å². The van der Waals surface area contributed by atoms with Crippen LogP contribution in [0.25, 0.3) is 0 Å². The first-order valence-corrected chi connectivity index (χ1v) is 7.83. The Labute approximate surface area is 137 Å². The van der Waals surface area contributed by atoms with Crippen LogP contribution in [-0.2, 0) is 20.4 Å². The second-order valence-corrected chi connectivity index (χ2v) is 6.36. The van der Waals surface area contributed by atoms with Gasteiger partial charge in [0.05, 0.1) is 18.8 Å². The van der Waals surface area contributed by atoms with Gasteiger partial charge in [-0.15, -0.1) is 0 Å². The molecular weight excluding hydrogens is 327 g/mol. The number of anilines is 1. The van der Waals surface area contributed by atoms with E-state index in [1.807, 2.05) is 6.92 Å². The van der Waals surface area contributed by atoms with Crippen LogP contribution in [-0.4, -0.2) is 46.7 Å². The molecule has 0 bridgehead atoms. The first-order chi connectivity index (χ1) is 11.2. The number of fused-ring (bicyclic) bond motifs is 1. The molecule has 4 atom stereocenters. The highest BCUT2D eigenvalue weighted by Crippen LogP contribution is 2.37. The van der Waals surface area contributed by atoms with Gasteiger partial charge in [0, 0.05) is 6.20 Å². The second-order valence-electron chi connectivity index (χ2n) is 6.36. The van der Waals surface area contributed by atoms with Gasteiger partial charge in [-0.25, -0.2) is 9.97 Å². The predicted molar refractivity (Wildman–Crippen MR) is 78.3 cm³/mol. The highest BCUT2D eigenvalue weighted by Gasteiger charge is 2.51. The molecule has 9 heteroatoms. The monoisotopic (exact) mass is 347 g/mol. The van der Waals surface area contributed by atoms with Crippen LogP contribution in [0.1, 0.15) is 32.9 Å². The molecule has 0 unspecified atom stereocenters. The highest BCUT2D eigenvalue weighted by molar-refractivity contribution is 5.29. The molecule has 2 saturated heterocycles. The Balaban J connectivity index is 1.78. The van der Waals surface area contributed by atoms with E-state index in [0.29, 0.717) is 0 Å². The number of halogens is 3. The first kappa shape index (κ1) is 17.4. The summed E-state index contributed by atoms with van der Waals surface area (Å²) < 4.78 is 55.9. The molecule has 1 aromatic rings. The normalized spacial score (nSPS) is 32.4. The van der Waals surface area contributed by atoms with Crippen LogP contribution in [0.3, 0.4) is 0 Å². The molecule has 1 N–H and O–H groups in total. The topological polar surface area (TPSA) is 65.5 Å². The number of hydrogen-bond donors (Lipinski definition) is 1. The van der Waals surface area contributed by atoms with E-state index in [-0.39, 0.29) is 30.9 Å². The number of nitrogens with zero attached hydrogens (tertiary/aromatic N) is 2. The summed E-state index contributed by atoms with van der Waals surface area (Å²) in [4.78, 5) is 7.39. The number of ether oxygens (including phenoxy) is 3. The molecule has 2 aliphatic rings. The standard InChI is InChI=1S/C15H20F3N3O3/c1-4-9-12-11(23-14(2,3)24-12)8(7-22-9)20-13-19-6-5-10(21-13)15(16,17)18/h5-6,8-9,11-12H,4,7H2,1-3H3,(H,19,20,21)/t8-,9+,11+,12-/m0/s1. The third-order valence-electron chi connectivity index (χ3n) is 4.08. The molecule has 0 saturated carbocycles. The summed E-state index contributed by atoms with van der Waals surface area (Å²) in [6, 6.07) is 0.430. The Morgan fingerprint density at radius 2 is 2.00 bits per heavy atom. The quantitative estimate of drug-likeness (QED) is 0.907. The lowest BCUT2D eigenvalue weighted by Gasteiger charge is -2.37. The molecule has 134 valence electrons. The van der Waals surface area contributed by atoms with Crippen LogP contribution in [0.15, 0.2) is 12.3 Å². The first-order valence-electron chi connectivity index (χ1n) is 7.83. The Morgan fingerprint density at radius 3 is 2.67 bits per heavy atom. The molecular formula is C15H20F3N3O3. The zero-order chi connectivity index (χ0) is 17.5. The summed E-state index contributed by atoms with van der Waals surface area (Å²) in [5.41, 5.74) is -0.997. The summed E-state index contributed by atoms with van der Waals surface area (Å²) in [5.74, 6) is -0.883. The SMILES string of the molecule is CC[C@H]1OC[C@H](Nc2nccc(C(F)(F)F)n2)[C@H]2OC(C)(C)O[C@H]21. The summed E-state index contributed by atoms with van der Waals surface area (Å²) >= 11 is 0. The van der Waals surface area contributed by atoms with Gasteiger partial charge in [0.15, 0.2) is 5.79 Å². The van der Waals surface area contributed by atoms with E-state index in [0.717, 1.165) is 18.7 Å². The van der Waals surface area contributed by atoms with Crippen molar-refractivity contribution in [3.8, 4) is 0 Å². The number of rotatable bonds is 3. The molecule has 3 heterocycles. The molecule has 0 aliphatic carbocycles. The second kappa shape index (κ2) is 6.12. The van der Waals surface area contributed by atoms with Crippen LogP contribution < -0.4 is 5.32 Å². The summed E-state index contributed by atoms with van der Waals surface area (Å²) in [6.07, 6.45) is -3.44. The van der Waals surface area contributed by atoms with Gasteiger partial charge >= 0.3 is 6.18 Å². The van der Waals surface area contributed by atoms with Crippen molar-refractivity contribution in [3.63, 3.8) is 0 Å². The maximum Gasteiger partial charge on any atom is 0.433 e. The van der Waals surface area contributed by atoms with Crippen molar-refractivity contribution in [2.45, 2.75) is 63.5 Å². The van der Waals surface area contributed by atoms with E-state index in [9.17, 15) is 13.2 Å². The molecule has 0 amide bonds. The summed E-state index contributed by atoms with van der Waals surface area (Å²) in [5, 5.41) is 2.89. The van der Waals surface area contributed by atoms with Gasteiger partial charge in [0.1, 0.15) is 17.9 Å². The fraction of sp³-hybridized carbons (Fsp3) is 0.733. The third-order valence-corrected chi connectivity index (χ3v) is 4.08. The van der Waals surface area contributed by atoms with E-state index in [2.05, 4.69) is 15.3 Å². The smallest absolute Gasteiger partial charge is 0.373 e. The summed E-state index contributed by atoms with van der Waals surface area (Å²) in [7, 11) is 0. The van der Waals surface area contributed by atoms with E-state index < -0.39 is 23.7 Å². The lowest BCUT2D eigenvalue weighted by Crippen LogP contribution is -2.54. The highest BCUT2D eigenvalue weighted by atomic mass is 19.4. The zero-order valence-electron chi connectivity index (χ0n) is 13.6. The van der Waals surface area contributed by atoms with E-state index >= 15 is 0 Å². The Kier molecular flexibility index (Phi) is 4.43. The third kappa shape index (κ3) is 3.47. The molecule has 0 spiro atoms. The van der Waals surface area contributed by atoms with Gasteiger partial charge in [-0.05, 0) is 26.3 Å². The molecule has 3 rings (SSSR count). The molecule has 24 heavy (non-hydrogen) atoms.